The smallest absolute Gasteiger partial charge is 0.288 e. The third-order valence-electron chi connectivity index (χ3n) is 3.72. The van der Waals surface area contributed by atoms with Crippen molar-refractivity contribution in [1.82, 2.24) is 25.0 Å². The Morgan fingerprint density at radius 1 is 1.11 bits per heavy atom. The van der Waals surface area contributed by atoms with Crippen LogP contribution in [-0.4, -0.2) is 60.1 Å². The number of carbonyl (C=O) groups excluding carboxylic acids is 1. The molecule has 0 saturated carbocycles. The Morgan fingerprint density at radius 2 is 1.86 bits per heavy atom. The number of hydrogen-bond donors (Lipinski definition) is 1. The van der Waals surface area contributed by atoms with Crippen molar-refractivity contribution in [3.8, 4) is 22.8 Å². The Labute approximate surface area is 163 Å². The van der Waals surface area contributed by atoms with Crippen molar-refractivity contribution < 1.29 is 18.6 Å². The van der Waals surface area contributed by atoms with Gasteiger partial charge in [-0.1, -0.05) is 11.2 Å². The predicted octanol–water partition coefficient (Wildman–Crippen LogP) is 1.83. The first-order valence-corrected chi connectivity index (χ1v) is 9.71. The molecule has 1 aliphatic rings. The molecule has 0 aliphatic carbocycles. The molecule has 1 N–H and O–H groups in total. The van der Waals surface area contributed by atoms with Crippen LogP contribution in [-0.2, 0) is 15.6 Å². The standard InChI is InChI=1S/C13H10N4O2S.C5H7NO2/c1-20(18)13-14-7-5-10(17-13)9-3-2-4-11(16-9)12-6-8-15-19-12;1-6-3-2-4(7)5(6)8/h2-8H,1H3;2,7H,3H2,1H3. The van der Waals surface area contributed by atoms with Crippen molar-refractivity contribution in [2.24, 2.45) is 0 Å². The van der Waals surface area contributed by atoms with Gasteiger partial charge in [0.05, 0.1) is 28.4 Å². The fraction of sp³-hybridized carbons (Fsp3) is 0.167. The number of aliphatic hydroxyl groups is 1. The molecule has 1 amide bonds. The number of aliphatic hydroxyl groups excluding tert-OH is 1. The van der Waals surface area contributed by atoms with Crippen molar-refractivity contribution >= 4 is 16.7 Å². The van der Waals surface area contributed by atoms with Gasteiger partial charge in [-0.15, -0.1) is 0 Å². The molecule has 0 saturated heterocycles. The van der Waals surface area contributed by atoms with Crippen LogP contribution in [0.2, 0.25) is 0 Å². The number of nitrogens with zero attached hydrogens (tertiary/aromatic N) is 5. The third kappa shape index (κ3) is 4.46. The summed E-state index contributed by atoms with van der Waals surface area (Å²) >= 11 is 0. The van der Waals surface area contributed by atoms with E-state index in [1.807, 2.05) is 18.2 Å². The van der Waals surface area contributed by atoms with Crippen LogP contribution in [0.5, 0.6) is 0 Å². The van der Waals surface area contributed by atoms with E-state index < -0.39 is 10.8 Å². The van der Waals surface area contributed by atoms with Crippen LogP contribution >= 0.6 is 0 Å². The lowest BCUT2D eigenvalue weighted by Gasteiger charge is -2.04. The fourth-order valence-electron chi connectivity index (χ4n) is 2.27. The van der Waals surface area contributed by atoms with Crippen LogP contribution in [0.4, 0.5) is 0 Å². The van der Waals surface area contributed by atoms with Gasteiger partial charge in [-0.05, 0) is 24.3 Å². The lowest BCUT2D eigenvalue weighted by atomic mass is 10.2. The van der Waals surface area contributed by atoms with Gasteiger partial charge in [-0.3, -0.25) is 9.00 Å². The van der Waals surface area contributed by atoms with E-state index in [9.17, 15) is 9.00 Å². The van der Waals surface area contributed by atoms with Crippen molar-refractivity contribution in [1.29, 1.82) is 0 Å². The Balaban J connectivity index is 0.000000236. The van der Waals surface area contributed by atoms with E-state index in [-0.39, 0.29) is 16.8 Å². The molecule has 0 aromatic carbocycles. The largest absolute Gasteiger partial charge is 0.503 e. The molecule has 3 aromatic rings. The summed E-state index contributed by atoms with van der Waals surface area (Å²) in [6, 6.07) is 8.96. The Kier molecular flexibility index (Phi) is 5.90. The second-order valence-electron chi connectivity index (χ2n) is 5.74. The summed E-state index contributed by atoms with van der Waals surface area (Å²) in [4.78, 5) is 24.6. The van der Waals surface area contributed by atoms with E-state index in [1.165, 1.54) is 17.2 Å². The summed E-state index contributed by atoms with van der Waals surface area (Å²) in [6.07, 6.45) is 6.16. The fourth-order valence-corrected chi connectivity index (χ4v) is 2.71. The molecule has 1 unspecified atom stereocenters. The van der Waals surface area contributed by atoms with Crippen LogP contribution in [0, 0.1) is 0 Å². The molecular weight excluding hydrogens is 382 g/mol. The van der Waals surface area contributed by atoms with Crippen LogP contribution in [0.25, 0.3) is 22.8 Å². The highest BCUT2D eigenvalue weighted by Crippen LogP contribution is 2.21. The molecule has 28 heavy (non-hydrogen) atoms. The first-order valence-electron chi connectivity index (χ1n) is 8.15. The second kappa shape index (κ2) is 8.53. The molecule has 144 valence electrons. The zero-order valence-electron chi connectivity index (χ0n) is 15.1. The van der Waals surface area contributed by atoms with Crippen LogP contribution < -0.4 is 0 Å². The van der Waals surface area contributed by atoms with E-state index in [0.29, 0.717) is 29.4 Å². The maximum atomic E-state index is 11.4. The van der Waals surface area contributed by atoms with Gasteiger partial charge in [0.25, 0.3) is 5.91 Å². The zero-order chi connectivity index (χ0) is 20.1. The molecule has 1 aliphatic heterocycles. The van der Waals surface area contributed by atoms with Crippen LogP contribution in [0.3, 0.4) is 0 Å². The lowest BCUT2D eigenvalue weighted by molar-refractivity contribution is -0.126. The second-order valence-corrected chi connectivity index (χ2v) is 7.01. The van der Waals surface area contributed by atoms with Crippen LogP contribution in [0.1, 0.15) is 0 Å². The summed E-state index contributed by atoms with van der Waals surface area (Å²) in [5.74, 6) is 0.165. The maximum absolute atomic E-state index is 11.4. The first-order chi connectivity index (χ1) is 13.5. The van der Waals surface area contributed by atoms with Gasteiger partial charge in [0.1, 0.15) is 5.69 Å². The topological polar surface area (TPSA) is 122 Å². The third-order valence-corrected chi connectivity index (χ3v) is 4.43. The summed E-state index contributed by atoms with van der Waals surface area (Å²) in [6.45, 7) is 0.532. The van der Waals surface area contributed by atoms with E-state index in [0.717, 1.165) is 0 Å². The molecule has 10 heteroatoms. The van der Waals surface area contributed by atoms with E-state index >= 15 is 0 Å². The summed E-state index contributed by atoms with van der Waals surface area (Å²) in [5.41, 5.74) is 1.94. The number of likely N-dealkylation sites (N-methyl/N-ethyl adjacent to an activating group) is 1. The van der Waals surface area contributed by atoms with E-state index in [2.05, 4.69) is 20.1 Å². The monoisotopic (exact) mass is 399 g/mol. The Bertz CT molecular complexity index is 1040. The summed E-state index contributed by atoms with van der Waals surface area (Å²) in [5, 5.41) is 12.6. The van der Waals surface area contributed by atoms with Crippen molar-refractivity contribution in [3.63, 3.8) is 0 Å². The van der Waals surface area contributed by atoms with Gasteiger partial charge in [0.2, 0.25) is 5.16 Å². The van der Waals surface area contributed by atoms with Crippen LogP contribution in [0.15, 0.2) is 64.2 Å². The highest BCUT2D eigenvalue weighted by molar-refractivity contribution is 7.84. The number of amides is 1. The molecule has 1 atom stereocenters. The number of hydrogen-bond acceptors (Lipinski definition) is 8. The molecule has 0 bridgehead atoms. The lowest BCUT2D eigenvalue weighted by Crippen LogP contribution is -2.21. The molecule has 4 heterocycles. The molecule has 9 nitrogen and oxygen atoms in total. The number of aromatic nitrogens is 4. The molecule has 3 aromatic heterocycles. The number of pyridine rings is 1. The predicted molar refractivity (Wildman–Crippen MR) is 101 cm³/mol. The van der Waals surface area contributed by atoms with Gasteiger partial charge < -0.3 is 14.5 Å². The quantitative estimate of drug-likeness (QED) is 0.662. The minimum atomic E-state index is -1.23. The number of rotatable bonds is 3. The highest BCUT2D eigenvalue weighted by atomic mass is 32.2. The average molecular weight is 399 g/mol. The van der Waals surface area contributed by atoms with Crippen molar-refractivity contribution in [2.75, 3.05) is 19.8 Å². The summed E-state index contributed by atoms with van der Waals surface area (Å²) < 4.78 is 16.5. The molecule has 4 rings (SSSR count). The maximum Gasteiger partial charge on any atom is 0.288 e. The van der Waals surface area contributed by atoms with Crippen molar-refractivity contribution in [2.45, 2.75) is 5.16 Å². The molecule has 0 radical (unpaired) electrons. The highest BCUT2D eigenvalue weighted by Gasteiger charge is 2.18. The van der Waals surface area contributed by atoms with Gasteiger partial charge in [0.15, 0.2) is 11.5 Å². The zero-order valence-corrected chi connectivity index (χ0v) is 16.0. The minimum absolute atomic E-state index is 0.132. The van der Waals surface area contributed by atoms with Gasteiger partial charge in [0, 0.05) is 32.1 Å². The number of carbonyl (C=O) groups is 1. The molecule has 0 spiro atoms. The Hall–Kier alpha value is -3.40. The van der Waals surface area contributed by atoms with Gasteiger partial charge in [-0.25, -0.2) is 15.0 Å². The first kappa shape index (κ1) is 19.4. The normalized spacial score (nSPS) is 14.3. The SMILES string of the molecule is CN1CC=C(O)C1=O.CS(=O)c1nccc(-c2cccc(-c3ccno3)n2)n1. The van der Waals surface area contributed by atoms with Gasteiger partial charge in [-0.2, -0.15) is 0 Å². The van der Waals surface area contributed by atoms with E-state index in [1.54, 1.807) is 31.6 Å². The molecule has 0 fully saturated rings. The minimum Gasteiger partial charge on any atom is -0.503 e. The van der Waals surface area contributed by atoms with Gasteiger partial charge >= 0.3 is 0 Å². The van der Waals surface area contributed by atoms with E-state index in [4.69, 9.17) is 9.63 Å². The Morgan fingerprint density at radius 3 is 2.43 bits per heavy atom. The van der Waals surface area contributed by atoms with Crippen molar-refractivity contribution in [3.05, 3.63) is 54.6 Å². The molecular formula is C18H17N5O4S. The average Bonchev–Trinajstić information content (AvgIpc) is 3.35. The summed E-state index contributed by atoms with van der Waals surface area (Å²) in [7, 11) is 0.415.